The highest BCUT2D eigenvalue weighted by atomic mass is 32.2. The van der Waals surface area contributed by atoms with Gasteiger partial charge in [-0.3, -0.25) is 4.90 Å². The molecular weight excluding hydrogens is 348 g/mol. The van der Waals surface area contributed by atoms with Crippen LogP contribution >= 0.6 is 0 Å². The zero-order valence-electron chi connectivity index (χ0n) is 16.5. The van der Waals surface area contributed by atoms with Crippen LogP contribution in [-0.4, -0.2) is 57.0 Å². The number of ether oxygens (including phenoxy) is 1. The third-order valence-corrected chi connectivity index (χ3v) is 7.78. The van der Waals surface area contributed by atoms with Crippen LogP contribution in [0.4, 0.5) is 0 Å². The molecule has 1 aliphatic heterocycles. The molecule has 2 fully saturated rings. The zero-order chi connectivity index (χ0) is 18.6. The summed E-state index contributed by atoms with van der Waals surface area (Å²) in [5.41, 5.74) is -0.342. The SMILES string of the molecule is CC(C)CS(=O)(=O)N[C@H]1CCCC[C@]12CN(C[C@@H]1CC=CCC1)CCO2. The summed E-state index contributed by atoms with van der Waals surface area (Å²) in [7, 11) is -3.26. The highest BCUT2D eigenvalue weighted by Crippen LogP contribution is 2.36. The summed E-state index contributed by atoms with van der Waals surface area (Å²) in [5, 5.41) is 0. The highest BCUT2D eigenvalue weighted by molar-refractivity contribution is 7.89. The Morgan fingerprint density at radius 3 is 2.85 bits per heavy atom. The average molecular weight is 385 g/mol. The Balaban J connectivity index is 1.67. The van der Waals surface area contributed by atoms with Crippen LogP contribution in [0.3, 0.4) is 0 Å². The second-order valence-electron chi connectivity index (χ2n) is 8.89. The van der Waals surface area contributed by atoms with Crippen LogP contribution < -0.4 is 4.72 Å². The van der Waals surface area contributed by atoms with Gasteiger partial charge in [0.25, 0.3) is 0 Å². The minimum atomic E-state index is -3.26. The van der Waals surface area contributed by atoms with E-state index in [1.165, 1.54) is 19.3 Å². The van der Waals surface area contributed by atoms with Crippen molar-refractivity contribution in [2.75, 3.05) is 32.0 Å². The van der Waals surface area contributed by atoms with Gasteiger partial charge in [-0.2, -0.15) is 0 Å². The standard InChI is InChI=1S/C20H36N2O3S/c1-17(2)15-26(23,24)21-19-10-6-7-11-20(19)16-22(12-13-25-20)14-18-8-4-3-5-9-18/h3-4,17-19,21H,5-16H2,1-2H3/t18-,19+,20+/m1/s1. The lowest BCUT2D eigenvalue weighted by Crippen LogP contribution is -2.64. The van der Waals surface area contributed by atoms with Crippen molar-refractivity contribution in [3.05, 3.63) is 12.2 Å². The molecule has 26 heavy (non-hydrogen) atoms. The van der Waals surface area contributed by atoms with Crippen molar-refractivity contribution in [3.8, 4) is 0 Å². The summed E-state index contributed by atoms with van der Waals surface area (Å²) in [4.78, 5) is 2.53. The monoisotopic (exact) mass is 384 g/mol. The van der Waals surface area contributed by atoms with Crippen molar-refractivity contribution in [2.24, 2.45) is 11.8 Å². The number of hydrogen-bond acceptors (Lipinski definition) is 4. The van der Waals surface area contributed by atoms with E-state index in [9.17, 15) is 8.42 Å². The summed E-state index contributed by atoms with van der Waals surface area (Å²) in [5.74, 6) is 1.06. The molecule has 3 atom stereocenters. The predicted molar refractivity (Wildman–Crippen MR) is 106 cm³/mol. The third-order valence-electron chi connectivity index (χ3n) is 6.03. The van der Waals surface area contributed by atoms with Crippen LogP contribution in [0.15, 0.2) is 12.2 Å². The molecule has 0 radical (unpaired) electrons. The topological polar surface area (TPSA) is 58.6 Å². The number of allylic oxidation sites excluding steroid dienone is 2. The van der Waals surface area contributed by atoms with Crippen molar-refractivity contribution in [1.82, 2.24) is 9.62 Å². The fourth-order valence-corrected chi connectivity index (χ4v) is 6.61. The van der Waals surface area contributed by atoms with Crippen molar-refractivity contribution in [2.45, 2.75) is 70.4 Å². The largest absolute Gasteiger partial charge is 0.371 e. The Morgan fingerprint density at radius 1 is 1.27 bits per heavy atom. The molecular formula is C20H36N2O3S. The van der Waals surface area contributed by atoms with Crippen molar-refractivity contribution >= 4 is 10.0 Å². The Labute approximate surface area is 159 Å². The quantitative estimate of drug-likeness (QED) is 0.716. The van der Waals surface area contributed by atoms with Crippen LogP contribution in [0, 0.1) is 11.8 Å². The summed E-state index contributed by atoms with van der Waals surface area (Å²) >= 11 is 0. The fourth-order valence-electron chi connectivity index (χ4n) is 4.87. The van der Waals surface area contributed by atoms with E-state index in [0.29, 0.717) is 6.61 Å². The van der Waals surface area contributed by atoms with Gasteiger partial charge in [-0.05, 0) is 43.9 Å². The summed E-state index contributed by atoms with van der Waals surface area (Å²) in [6.07, 6.45) is 12.3. The van der Waals surface area contributed by atoms with E-state index in [4.69, 9.17) is 4.74 Å². The molecule has 0 unspecified atom stereocenters. The summed E-state index contributed by atoms with van der Waals surface area (Å²) in [6, 6.07) is -0.0888. The van der Waals surface area contributed by atoms with E-state index < -0.39 is 10.0 Å². The van der Waals surface area contributed by atoms with Crippen LogP contribution in [-0.2, 0) is 14.8 Å². The highest BCUT2D eigenvalue weighted by Gasteiger charge is 2.46. The minimum Gasteiger partial charge on any atom is -0.371 e. The summed E-state index contributed by atoms with van der Waals surface area (Å²) in [6.45, 7) is 7.56. The molecule has 1 saturated carbocycles. The lowest BCUT2D eigenvalue weighted by atomic mass is 9.79. The molecule has 150 valence electrons. The summed E-state index contributed by atoms with van der Waals surface area (Å²) < 4.78 is 34.4. The number of nitrogens with zero attached hydrogens (tertiary/aromatic N) is 1. The van der Waals surface area contributed by atoms with E-state index in [1.807, 2.05) is 13.8 Å². The first-order valence-corrected chi connectivity index (χ1v) is 12.1. The molecule has 6 heteroatoms. The van der Waals surface area contributed by atoms with E-state index in [1.54, 1.807) is 0 Å². The normalized spacial score (nSPS) is 33.8. The van der Waals surface area contributed by atoms with Gasteiger partial charge >= 0.3 is 0 Å². The zero-order valence-corrected chi connectivity index (χ0v) is 17.3. The van der Waals surface area contributed by atoms with Crippen LogP contribution in [0.25, 0.3) is 0 Å². The Bertz CT molecular complexity index is 586. The smallest absolute Gasteiger partial charge is 0.212 e. The molecule has 3 rings (SSSR count). The number of sulfonamides is 1. The first-order chi connectivity index (χ1) is 12.4. The molecule has 0 aromatic heterocycles. The lowest BCUT2D eigenvalue weighted by molar-refractivity contribution is -0.141. The maximum atomic E-state index is 12.5. The Hall–Kier alpha value is -0.430. The van der Waals surface area contributed by atoms with Gasteiger partial charge in [0, 0.05) is 19.6 Å². The Kier molecular flexibility index (Phi) is 6.81. The Morgan fingerprint density at radius 2 is 2.12 bits per heavy atom. The van der Waals surface area contributed by atoms with Crippen molar-refractivity contribution in [1.29, 1.82) is 0 Å². The van der Waals surface area contributed by atoms with E-state index in [-0.39, 0.29) is 23.3 Å². The molecule has 0 amide bonds. The first-order valence-electron chi connectivity index (χ1n) is 10.4. The lowest BCUT2D eigenvalue weighted by Gasteiger charge is -2.50. The van der Waals surface area contributed by atoms with Gasteiger partial charge in [-0.15, -0.1) is 0 Å². The maximum Gasteiger partial charge on any atom is 0.212 e. The molecule has 0 aromatic carbocycles. The van der Waals surface area contributed by atoms with Crippen molar-refractivity contribution in [3.63, 3.8) is 0 Å². The third kappa shape index (κ3) is 5.31. The number of nitrogens with one attached hydrogen (secondary N) is 1. The van der Waals surface area contributed by atoms with E-state index in [0.717, 1.165) is 51.2 Å². The van der Waals surface area contributed by atoms with Crippen LogP contribution in [0.5, 0.6) is 0 Å². The second kappa shape index (κ2) is 8.72. The number of rotatable bonds is 6. The van der Waals surface area contributed by atoms with Crippen molar-refractivity contribution < 1.29 is 13.2 Å². The molecule has 2 aliphatic carbocycles. The van der Waals surface area contributed by atoms with Crippen LogP contribution in [0.1, 0.15) is 58.8 Å². The molecule has 1 saturated heterocycles. The molecule has 1 spiro atoms. The molecule has 0 aromatic rings. The number of hydrogen-bond donors (Lipinski definition) is 1. The van der Waals surface area contributed by atoms with E-state index >= 15 is 0 Å². The van der Waals surface area contributed by atoms with Gasteiger partial charge in [0.2, 0.25) is 10.0 Å². The molecule has 5 nitrogen and oxygen atoms in total. The first kappa shape index (κ1) is 20.3. The molecule has 0 bridgehead atoms. The van der Waals surface area contributed by atoms with Gasteiger partial charge in [0.1, 0.15) is 0 Å². The van der Waals surface area contributed by atoms with Crippen LogP contribution in [0.2, 0.25) is 0 Å². The predicted octanol–water partition coefficient (Wildman–Crippen LogP) is 2.93. The van der Waals surface area contributed by atoms with Gasteiger partial charge in [-0.25, -0.2) is 13.1 Å². The molecule has 3 aliphatic rings. The molecule has 1 N–H and O–H groups in total. The van der Waals surface area contributed by atoms with Gasteiger partial charge in [0.15, 0.2) is 0 Å². The van der Waals surface area contributed by atoms with Gasteiger partial charge in [-0.1, -0.05) is 38.8 Å². The second-order valence-corrected chi connectivity index (χ2v) is 10.7. The maximum absolute atomic E-state index is 12.5. The fraction of sp³-hybridized carbons (Fsp3) is 0.900. The van der Waals surface area contributed by atoms with E-state index in [2.05, 4.69) is 21.8 Å². The number of morpholine rings is 1. The average Bonchev–Trinajstić information content (AvgIpc) is 2.57. The minimum absolute atomic E-state index is 0.0888. The van der Waals surface area contributed by atoms with Gasteiger partial charge < -0.3 is 4.74 Å². The molecule has 1 heterocycles. The van der Waals surface area contributed by atoms with Gasteiger partial charge in [0.05, 0.1) is 24.0 Å².